The molecule has 3 atom stereocenters. The van der Waals surface area contributed by atoms with Gasteiger partial charge in [-0.2, -0.15) is 13.2 Å². The van der Waals surface area contributed by atoms with Crippen LogP contribution >= 0.6 is 0 Å². The van der Waals surface area contributed by atoms with Crippen LogP contribution in [0, 0.1) is 12.8 Å². The van der Waals surface area contributed by atoms with Gasteiger partial charge in [0.05, 0.1) is 37.2 Å². The number of aryl methyl sites for hydroxylation is 1. The van der Waals surface area contributed by atoms with E-state index in [4.69, 9.17) is 19.4 Å². The number of fused-ring (bicyclic) bond motifs is 1. The number of amides is 1. The summed E-state index contributed by atoms with van der Waals surface area (Å²) in [5, 5.41) is 7.12. The topological polar surface area (TPSA) is 89.0 Å². The van der Waals surface area contributed by atoms with Crippen LogP contribution in [0.4, 0.5) is 13.2 Å². The van der Waals surface area contributed by atoms with Crippen molar-refractivity contribution in [2.24, 2.45) is 5.92 Å². The number of carbonyl (C=O) groups is 2. The number of halogens is 3. The zero-order chi connectivity index (χ0) is 23.3. The second kappa shape index (κ2) is 10.6. The molecule has 0 spiro atoms. The Balaban J connectivity index is 0.000000360. The summed E-state index contributed by atoms with van der Waals surface area (Å²) in [5.41, 5.74) is 1.98. The fourth-order valence-electron chi connectivity index (χ4n) is 4.09. The van der Waals surface area contributed by atoms with E-state index in [0.29, 0.717) is 31.1 Å². The predicted molar refractivity (Wildman–Crippen MR) is 108 cm³/mol. The number of aliphatic carboxylic acids is 1. The SMILES string of the molecule is Cc1cccc(COC[C@@H]2CC[C@H]3[C@H](CCN3C(=O)CC3CC3)O2)n1.O=C(O)C(F)(F)F. The number of carboxylic acids is 1. The second-order valence-electron chi connectivity index (χ2n) is 8.55. The number of hydrogen-bond donors (Lipinski definition) is 1. The summed E-state index contributed by atoms with van der Waals surface area (Å²) in [7, 11) is 0. The van der Waals surface area contributed by atoms with Gasteiger partial charge in [0.1, 0.15) is 0 Å². The van der Waals surface area contributed by atoms with E-state index in [0.717, 1.165) is 43.6 Å². The monoisotopic (exact) mass is 458 g/mol. The second-order valence-corrected chi connectivity index (χ2v) is 8.55. The normalized spacial score (nSPS) is 25.0. The highest BCUT2D eigenvalue weighted by Crippen LogP contribution is 2.36. The Morgan fingerprint density at radius 1 is 1.22 bits per heavy atom. The number of carboxylic acid groups (broad SMARTS) is 1. The molecule has 3 fully saturated rings. The first-order valence-electron chi connectivity index (χ1n) is 10.9. The average molecular weight is 458 g/mol. The van der Waals surface area contributed by atoms with Gasteiger partial charge in [-0.15, -0.1) is 0 Å². The lowest BCUT2D eigenvalue weighted by Gasteiger charge is -2.36. The molecule has 10 heteroatoms. The number of pyridine rings is 1. The van der Waals surface area contributed by atoms with Crippen molar-refractivity contribution >= 4 is 11.9 Å². The van der Waals surface area contributed by atoms with Gasteiger partial charge in [-0.1, -0.05) is 6.07 Å². The van der Waals surface area contributed by atoms with Crippen molar-refractivity contribution in [3.05, 3.63) is 29.6 Å². The van der Waals surface area contributed by atoms with Crippen molar-refractivity contribution in [2.75, 3.05) is 13.2 Å². The highest BCUT2D eigenvalue weighted by Gasteiger charge is 2.42. The number of carbonyl (C=O) groups excluding carboxylic acids is 1. The molecule has 2 saturated heterocycles. The molecule has 2 aliphatic heterocycles. The molecule has 178 valence electrons. The van der Waals surface area contributed by atoms with Gasteiger partial charge in [-0.05, 0) is 57.1 Å². The smallest absolute Gasteiger partial charge is 0.475 e. The molecule has 3 heterocycles. The zero-order valence-corrected chi connectivity index (χ0v) is 18.0. The van der Waals surface area contributed by atoms with E-state index in [2.05, 4.69) is 9.88 Å². The largest absolute Gasteiger partial charge is 0.490 e. The quantitative estimate of drug-likeness (QED) is 0.702. The fourth-order valence-corrected chi connectivity index (χ4v) is 4.09. The number of nitrogens with zero attached hydrogens (tertiary/aromatic N) is 2. The maximum Gasteiger partial charge on any atom is 0.490 e. The first-order valence-corrected chi connectivity index (χ1v) is 10.9. The summed E-state index contributed by atoms with van der Waals surface area (Å²) in [6, 6.07) is 6.28. The molecule has 1 aromatic heterocycles. The molecule has 4 rings (SSSR count). The molecule has 0 radical (unpaired) electrons. The van der Waals surface area contributed by atoms with Crippen molar-refractivity contribution in [2.45, 2.75) is 76.5 Å². The van der Waals surface area contributed by atoms with E-state index in [9.17, 15) is 18.0 Å². The minimum Gasteiger partial charge on any atom is -0.475 e. The molecule has 0 aromatic carbocycles. The van der Waals surface area contributed by atoms with Gasteiger partial charge in [-0.3, -0.25) is 9.78 Å². The molecule has 7 nitrogen and oxygen atoms in total. The molecule has 0 unspecified atom stereocenters. The van der Waals surface area contributed by atoms with E-state index in [-0.39, 0.29) is 12.2 Å². The van der Waals surface area contributed by atoms with Gasteiger partial charge in [0.2, 0.25) is 5.91 Å². The third-order valence-corrected chi connectivity index (χ3v) is 5.86. The number of aromatic nitrogens is 1. The van der Waals surface area contributed by atoms with Crippen molar-refractivity contribution in [3.63, 3.8) is 0 Å². The van der Waals surface area contributed by atoms with Crippen molar-refractivity contribution in [1.82, 2.24) is 9.88 Å². The van der Waals surface area contributed by atoms with Crippen molar-refractivity contribution < 1.29 is 37.3 Å². The van der Waals surface area contributed by atoms with Crippen LogP contribution in [0.2, 0.25) is 0 Å². The predicted octanol–water partition coefficient (Wildman–Crippen LogP) is 3.49. The molecule has 1 aliphatic carbocycles. The minimum absolute atomic E-state index is 0.143. The van der Waals surface area contributed by atoms with Crippen LogP contribution in [-0.4, -0.2) is 64.4 Å². The summed E-state index contributed by atoms with van der Waals surface area (Å²) in [4.78, 5) is 27.9. The van der Waals surface area contributed by atoms with Crippen LogP contribution in [0.3, 0.4) is 0 Å². The van der Waals surface area contributed by atoms with Crippen LogP contribution in [0.25, 0.3) is 0 Å². The van der Waals surface area contributed by atoms with Crippen LogP contribution in [0.15, 0.2) is 18.2 Å². The maximum atomic E-state index is 12.4. The average Bonchev–Trinajstić information content (AvgIpc) is 3.43. The van der Waals surface area contributed by atoms with Gasteiger partial charge < -0.3 is 19.5 Å². The zero-order valence-electron chi connectivity index (χ0n) is 18.0. The highest BCUT2D eigenvalue weighted by molar-refractivity contribution is 5.77. The Morgan fingerprint density at radius 3 is 2.56 bits per heavy atom. The number of alkyl halides is 3. The molecule has 1 saturated carbocycles. The number of ether oxygens (including phenoxy) is 2. The van der Waals surface area contributed by atoms with Crippen LogP contribution < -0.4 is 0 Å². The standard InChI is InChI=1S/C20H28N2O3.C2HF3O2/c1-14-3-2-4-16(21-14)12-24-13-17-7-8-18-19(25-17)9-10-22(18)20(23)11-15-5-6-15;3-2(4,5)1(6)7/h2-4,15,17-19H,5-13H2,1H3;(H,6,7)/t17-,18-,19-;/m0./s1. The Morgan fingerprint density at radius 2 is 1.94 bits per heavy atom. The third kappa shape index (κ3) is 7.16. The Labute approximate surface area is 184 Å². The number of likely N-dealkylation sites (tertiary alicyclic amines) is 1. The summed E-state index contributed by atoms with van der Waals surface area (Å²) in [6.07, 6.45) is 1.45. The van der Waals surface area contributed by atoms with E-state index in [1.54, 1.807) is 0 Å². The maximum absolute atomic E-state index is 12.4. The molecule has 1 aromatic rings. The van der Waals surface area contributed by atoms with Gasteiger partial charge in [0.15, 0.2) is 0 Å². The van der Waals surface area contributed by atoms with Gasteiger partial charge >= 0.3 is 12.1 Å². The van der Waals surface area contributed by atoms with E-state index >= 15 is 0 Å². The summed E-state index contributed by atoms with van der Waals surface area (Å²) in [6.45, 7) is 3.99. The lowest BCUT2D eigenvalue weighted by atomic mass is 9.99. The molecule has 1 amide bonds. The summed E-state index contributed by atoms with van der Waals surface area (Å²) in [5.74, 6) is -1.75. The lowest BCUT2D eigenvalue weighted by molar-refractivity contribution is -0.192. The van der Waals surface area contributed by atoms with Crippen molar-refractivity contribution in [3.8, 4) is 0 Å². The first-order chi connectivity index (χ1) is 15.1. The van der Waals surface area contributed by atoms with Gasteiger partial charge in [-0.25, -0.2) is 4.79 Å². The minimum atomic E-state index is -5.08. The Kier molecular flexibility index (Phi) is 8.10. The molecular weight excluding hydrogens is 429 g/mol. The third-order valence-electron chi connectivity index (χ3n) is 5.86. The van der Waals surface area contributed by atoms with Gasteiger partial charge in [0, 0.05) is 18.7 Å². The van der Waals surface area contributed by atoms with Crippen LogP contribution in [0.1, 0.15) is 49.9 Å². The molecule has 1 N–H and O–H groups in total. The molecule has 3 aliphatic rings. The summed E-state index contributed by atoms with van der Waals surface area (Å²) >= 11 is 0. The van der Waals surface area contributed by atoms with Gasteiger partial charge in [0.25, 0.3) is 0 Å². The fraction of sp³-hybridized carbons (Fsp3) is 0.682. The Bertz CT molecular complexity index is 800. The molecular formula is C22H29F3N2O5. The Hall–Kier alpha value is -2.20. The van der Waals surface area contributed by atoms with Crippen molar-refractivity contribution in [1.29, 1.82) is 0 Å². The number of rotatable bonds is 6. The van der Waals surface area contributed by atoms with E-state index in [1.165, 1.54) is 12.8 Å². The van der Waals surface area contributed by atoms with Crippen LogP contribution in [0.5, 0.6) is 0 Å². The van der Waals surface area contributed by atoms with Crippen LogP contribution in [-0.2, 0) is 25.7 Å². The van der Waals surface area contributed by atoms with E-state index < -0.39 is 12.1 Å². The highest BCUT2D eigenvalue weighted by atomic mass is 19.4. The summed E-state index contributed by atoms with van der Waals surface area (Å²) < 4.78 is 43.8. The number of hydrogen-bond acceptors (Lipinski definition) is 5. The molecule has 0 bridgehead atoms. The van der Waals surface area contributed by atoms with E-state index in [1.807, 2.05) is 25.1 Å². The lowest BCUT2D eigenvalue weighted by Crippen LogP contribution is -2.46. The molecule has 32 heavy (non-hydrogen) atoms. The first kappa shape index (κ1) is 24.4.